The molecular weight excluding hydrogens is 148 g/mol. The number of fused-ring (bicyclic) bond motifs is 2. The van der Waals surface area contributed by atoms with Crippen LogP contribution in [0.15, 0.2) is 0 Å². The summed E-state index contributed by atoms with van der Waals surface area (Å²) < 4.78 is 0. The summed E-state index contributed by atoms with van der Waals surface area (Å²) in [6.45, 7) is 4.65. The first-order valence-electron chi connectivity index (χ1n) is 5.18. The highest BCUT2D eigenvalue weighted by atomic mass is 15.3. The van der Waals surface area contributed by atoms with Crippen LogP contribution in [0, 0.1) is 0 Å². The monoisotopic (exact) mass is 170 g/mol. The number of likely N-dealkylation sites (N-methyl/N-ethyl adjacent to an activating group) is 1. The molecule has 2 heteroatoms. The Bertz CT molecular complexity index is 172. The van der Waals surface area contributed by atoms with Crippen LogP contribution < -0.4 is 5.32 Å². The number of hydrogen-bond donors (Lipinski definition) is 1. The van der Waals surface area contributed by atoms with Gasteiger partial charge in [-0.1, -0.05) is 0 Å². The van der Waals surface area contributed by atoms with E-state index in [9.17, 15) is 0 Å². The molecule has 0 aromatic heterocycles. The molecule has 2 nitrogen and oxygen atoms in total. The summed E-state index contributed by atoms with van der Waals surface area (Å²) in [7, 11) is 2.10. The average Bonchev–Trinajstić information content (AvgIpc) is 2.59. The topological polar surface area (TPSA) is 15.3 Å². The zero-order chi connectivity index (χ0) is 8.72. The zero-order valence-electron chi connectivity index (χ0n) is 8.38. The lowest BCUT2D eigenvalue weighted by Crippen LogP contribution is -2.41. The molecule has 2 aliphatic heterocycles. The Morgan fingerprint density at radius 3 is 2.58 bits per heavy atom. The van der Waals surface area contributed by atoms with Crippen LogP contribution in [0.25, 0.3) is 0 Å². The van der Waals surface area contributed by atoms with Crippen molar-refractivity contribution < 1.29 is 1.43 Å². The number of nitrogens with one attached hydrogen (secondary N) is 1. The molecule has 2 aliphatic rings. The lowest BCUT2D eigenvalue weighted by molar-refractivity contribution is 0.194. The molecule has 2 saturated heterocycles. The highest BCUT2D eigenvalue weighted by molar-refractivity contribution is 5.04. The van der Waals surface area contributed by atoms with Gasteiger partial charge in [0.2, 0.25) is 0 Å². The summed E-state index contributed by atoms with van der Waals surface area (Å²) in [5.41, 5.74) is 0. The molecule has 0 saturated carbocycles. The van der Waals surface area contributed by atoms with Gasteiger partial charge in [-0.15, -0.1) is 0 Å². The van der Waals surface area contributed by atoms with Gasteiger partial charge in [0.1, 0.15) is 0 Å². The standard InChI is InChI=1S/C10H20N2.H2/c1-7(2)12-8-4-5-10(12)9(6-8)11-3;/h7-11H,4-6H2,1-3H3;1H/t8-,9+,10?;/m1./s1. The van der Waals surface area contributed by atoms with Gasteiger partial charge in [-0.25, -0.2) is 0 Å². The van der Waals surface area contributed by atoms with Crippen LogP contribution in [-0.2, 0) is 0 Å². The van der Waals surface area contributed by atoms with E-state index in [1.807, 2.05) is 0 Å². The molecule has 2 heterocycles. The second-order valence-electron chi connectivity index (χ2n) is 4.47. The lowest BCUT2D eigenvalue weighted by Gasteiger charge is -2.27. The van der Waals surface area contributed by atoms with Crippen LogP contribution in [0.1, 0.15) is 34.5 Å². The summed E-state index contributed by atoms with van der Waals surface area (Å²) >= 11 is 0. The van der Waals surface area contributed by atoms with Crippen molar-refractivity contribution in [2.75, 3.05) is 7.05 Å². The lowest BCUT2D eigenvalue weighted by atomic mass is 9.96. The van der Waals surface area contributed by atoms with Crippen molar-refractivity contribution in [2.24, 2.45) is 0 Å². The summed E-state index contributed by atoms with van der Waals surface area (Å²) in [6, 6.07) is 3.22. The molecule has 2 bridgehead atoms. The van der Waals surface area contributed by atoms with Gasteiger partial charge in [-0.3, -0.25) is 4.90 Å². The van der Waals surface area contributed by atoms with E-state index in [2.05, 4.69) is 31.1 Å². The highest BCUT2D eigenvalue weighted by Crippen LogP contribution is 2.38. The molecule has 12 heavy (non-hydrogen) atoms. The van der Waals surface area contributed by atoms with Crippen LogP contribution in [0.4, 0.5) is 0 Å². The van der Waals surface area contributed by atoms with Crippen molar-refractivity contribution in [3.63, 3.8) is 0 Å². The Morgan fingerprint density at radius 1 is 1.42 bits per heavy atom. The fourth-order valence-electron chi connectivity index (χ4n) is 3.15. The van der Waals surface area contributed by atoms with Crippen molar-refractivity contribution in [3.8, 4) is 0 Å². The normalized spacial score (nSPS) is 41.5. The van der Waals surface area contributed by atoms with E-state index in [0.717, 1.165) is 24.2 Å². The fourth-order valence-corrected chi connectivity index (χ4v) is 3.15. The minimum absolute atomic E-state index is 0. The maximum Gasteiger partial charge on any atom is 0.0256 e. The minimum Gasteiger partial charge on any atom is -0.315 e. The molecule has 2 fully saturated rings. The van der Waals surface area contributed by atoms with Gasteiger partial charge < -0.3 is 5.32 Å². The third kappa shape index (κ3) is 1.09. The third-order valence-corrected chi connectivity index (χ3v) is 3.56. The Hall–Kier alpha value is -0.0800. The van der Waals surface area contributed by atoms with E-state index in [-0.39, 0.29) is 1.43 Å². The quantitative estimate of drug-likeness (QED) is 0.675. The van der Waals surface area contributed by atoms with Crippen molar-refractivity contribution >= 4 is 0 Å². The first kappa shape index (κ1) is 8.52. The molecule has 0 aliphatic carbocycles. The van der Waals surface area contributed by atoms with Crippen LogP contribution in [0.2, 0.25) is 0 Å². The molecule has 0 aromatic rings. The molecule has 3 atom stereocenters. The molecular formula is C10H22N2. The van der Waals surface area contributed by atoms with E-state index in [1.54, 1.807) is 0 Å². The van der Waals surface area contributed by atoms with E-state index >= 15 is 0 Å². The Balaban J connectivity index is 0.000000845. The van der Waals surface area contributed by atoms with Crippen LogP contribution in [0.5, 0.6) is 0 Å². The molecule has 72 valence electrons. The molecule has 0 amide bonds. The zero-order valence-corrected chi connectivity index (χ0v) is 8.38. The van der Waals surface area contributed by atoms with E-state index in [1.165, 1.54) is 19.3 Å². The van der Waals surface area contributed by atoms with Gasteiger partial charge in [0.05, 0.1) is 0 Å². The number of hydrogen-bond acceptors (Lipinski definition) is 2. The largest absolute Gasteiger partial charge is 0.315 e. The van der Waals surface area contributed by atoms with Gasteiger partial charge in [0.25, 0.3) is 0 Å². The number of nitrogens with zero attached hydrogens (tertiary/aromatic N) is 1. The first-order valence-corrected chi connectivity index (χ1v) is 5.18. The second kappa shape index (κ2) is 3.00. The minimum atomic E-state index is 0. The SMILES string of the molecule is CN[C@H]1C[C@H]2CCC1N2C(C)C.[HH]. The van der Waals surface area contributed by atoms with Crippen LogP contribution in [0.3, 0.4) is 0 Å². The van der Waals surface area contributed by atoms with Crippen molar-refractivity contribution in [1.29, 1.82) is 0 Å². The molecule has 0 aromatic carbocycles. The number of rotatable bonds is 2. The van der Waals surface area contributed by atoms with Crippen LogP contribution in [-0.4, -0.2) is 36.1 Å². The van der Waals surface area contributed by atoms with Crippen LogP contribution >= 0.6 is 0 Å². The smallest absolute Gasteiger partial charge is 0.0256 e. The van der Waals surface area contributed by atoms with Gasteiger partial charge in [-0.2, -0.15) is 0 Å². The fraction of sp³-hybridized carbons (Fsp3) is 1.00. The van der Waals surface area contributed by atoms with Gasteiger partial charge in [0, 0.05) is 25.6 Å². The predicted octanol–water partition coefficient (Wildman–Crippen LogP) is 1.47. The Morgan fingerprint density at radius 2 is 2.17 bits per heavy atom. The van der Waals surface area contributed by atoms with Gasteiger partial charge in [-0.05, 0) is 40.2 Å². The maximum absolute atomic E-state index is 3.44. The maximum atomic E-state index is 3.44. The molecule has 2 rings (SSSR count). The average molecular weight is 170 g/mol. The molecule has 1 N–H and O–H groups in total. The first-order chi connectivity index (χ1) is 5.74. The summed E-state index contributed by atoms with van der Waals surface area (Å²) in [4.78, 5) is 2.71. The van der Waals surface area contributed by atoms with E-state index < -0.39 is 0 Å². The molecule has 1 unspecified atom stereocenters. The summed E-state index contributed by atoms with van der Waals surface area (Å²) in [5.74, 6) is 0. The summed E-state index contributed by atoms with van der Waals surface area (Å²) in [5, 5.41) is 3.44. The van der Waals surface area contributed by atoms with Crippen molar-refractivity contribution in [1.82, 2.24) is 10.2 Å². The molecule has 0 spiro atoms. The van der Waals surface area contributed by atoms with E-state index in [0.29, 0.717) is 0 Å². The van der Waals surface area contributed by atoms with E-state index in [4.69, 9.17) is 0 Å². The Labute approximate surface area is 76.8 Å². The van der Waals surface area contributed by atoms with Gasteiger partial charge >= 0.3 is 0 Å². The van der Waals surface area contributed by atoms with Crippen molar-refractivity contribution in [2.45, 2.75) is 57.3 Å². The van der Waals surface area contributed by atoms with Crippen molar-refractivity contribution in [3.05, 3.63) is 0 Å². The predicted molar refractivity (Wildman–Crippen MR) is 53.4 cm³/mol. The Kier molecular flexibility index (Phi) is 2.13. The second-order valence-corrected chi connectivity index (χ2v) is 4.47. The summed E-state index contributed by atoms with van der Waals surface area (Å²) in [6.07, 6.45) is 4.22. The van der Waals surface area contributed by atoms with Gasteiger partial charge in [0.15, 0.2) is 0 Å². The molecule has 0 radical (unpaired) electrons. The highest BCUT2D eigenvalue weighted by Gasteiger charge is 2.46. The third-order valence-electron chi connectivity index (χ3n) is 3.56.